The topological polar surface area (TPSA) is 16.4 Å². The number of fused-ring (bicyclic) bond motifs is 3. The molecule has 4 aromatic rings. The van der Waals surface area contributed by atoms with Crippen LogP contribution in [0.2, 0.25) is 0 Å². The lowest BCUT2D eigenvalue weighted by molar-refractivity contribution is 0.442. The molecule has 0 atom stereocenters. The van der Waals surface area contributed by atoms with Crippen LogP contribution in [-0.4, -0.2) is 7.05 Å². The zero-order valence-electron chi connectivity index (χ0n) is 17.7. The maximum Gasteiger partial charge on any atom is 0.159 e. The lowest BCUT2D eigenvalue weighted by atomic mass is 9.83. The van der Waals surface area contributed by atoms with E-state index in [0.29, 0.717) is 5.92 Å². The number of furan rings is 1. The van der Waals surface area contributed by atoms with Gasteiger partial charge in [0.25, 0.3) is 0 Å². The smallest absolute Gasteiger partial charge is 0.159 e. The summed E-state index contributed by atoms with van der Waals surface area (Å²) in [5, 5.41) is 2.46. The molecule has 1 aliphatic carbocycles. The normalized spacial score (nSPS) is 15.3. The molecule has 2 heteroatoms. The maximum absolute atomic E-state index is 6.63. The van der Waals surface area contributed by atoms with Gasteiger partial charge in [-0.15, -0.1) is 0 Å². The van der Waals surface area contributed by atoms with Crippen LogP contribution in [0.3, 0.4) is 0 Å². The Morgan fingerprint density at radius 3 is 2.28 bits per heavy atom. The standard InChI is InChI=1S/C27H29NO/c1-18-15-16-24(19(2)17-18)28(3)25-14-8-13-23-22-12-7-11-21(26(22)29-27(23)25)20-9-5-4-6-10-20/h7-8,11-17,20H,4-6,9-10H2,1-3H3. The Morgan fingerprint density at radius 2 is 1.52 bits per heavy atom. The summed E-state index contributed by atoms with van der Waals surface area (Å²) in [6, 6.07) is 19.9. The van der Waals surface area contributed by atoms with Gasteiger partial charge in [-0.05, 0) is 55.9 Å². The molecule has 0 spiro atoms. The van der Waals surface area contributed by atoms with E-state index in [9.17, 15) is 0 Å². The number of nitrogens with zero attached hydrogens (tertiary/aromatic N) is 1. The van der Waals surface area contributed by atoms with Crippen molar-refractivity contribution < 1.29 is 4.42 Å². The number of aryl methyl sites for hydroxylation is 2. The fourth-order valence-electron chi connectivity index (χ4n) is 5.14. The molecule has 148 valence electrons. The zero-order valence-corrected chi connectivity index (χ0v) is 17.7. The molecule has 0 radical (unpaired) electrons. The third kappa shape index (κ3) is 3.11. The highest BCUT2D eigenvalue weighted by atomic mass is 16.3. The van der Waals surface area contributed by atoms with E-state index in [0.717, 1.165) is 16.9 Å². The van der Waals surface area contributed by atoms with E-state index in [-0.39, 0.29) is 0 Å². The van der Waals surface area contributed by atoms with Crippen LogP contribution in [0.1, 0.15) is 54.7 Å². The van der Waals surface area contributed by atoms with Crippen molar-refractivity contribution in [2.75, 3.05) is 11.9 Å². The van der Waals surface area contributed by atoms with Crippen molar-refractivity contribution in [1.82, 2.24) is 0 Å². The van der Waals surface area contributed by atoms with Crippen molar-refractivity contribution in [3.05, 3.63) is 71.3 Å². The van der Waals surface area contributed by atoms with E-state index in [1.165, 1.54) is 65.3 Å². The second kappa shape index (κ2) is 7.26. The third-order valence-electron chi connectivity index (χ3n) is 6.65. The molecule has 3 aromatic carbocycles. The quantitative estimate of drug-likeness (QED) is 0.356. The summed E-state index contributed by atoms with van der Waals surface area (Å²) in [5.41, 5.74) is 8.40. The van der Waals surface area contributed by atoms with Gasteiger partial charge in [-0.25, -0.2) is 0 Å². The van der Waals surface area contributed by atoms with Crippen LogP contribution in [0.25, 0.3) is 21.9 Å². The minimum atomic E-state index is 0.633. The molecule has 1 aliphatic rings. The SMILES string of the molecule is Cc1ccc(N(C)c2cccc3c2oc2c(C4CCCCC4)cccc23)c(C)c1. The summed E-state index contributed by atoms with van der Waals surface area (Å²) in [6.45, 7) is 4.32. The monoisotopic (exact) mass is 383 g/mol. The fourth-order valence-corrected chi connectivity index (χ4v) is 5.14. The van der Waals surface area contributed by atoms with E-state index in [2.05, 4.69) is 80.4 Å². The molecule has 0 bridgehead atoms. The van der Waals surface area contributed by atoms with Gasteiger partial charge in [-0.2, -0.15) is 0 Å². The van der Waals surface area contributed by atoms with Gasteiger partial charge in [0.1, 0.15) is 5.58 Å². The predicted octanol–water partition coefficient (Wildman–Crippen LogP) is 8.02. The summed E-state index contributed by atoms with van der Waals surface area (Å²) in [7, 11) is 2.14. The summed E-state index contributed by atoms with van der Waals surface area (Å²) in [4.78, 5) is 2.26. The molecule has 1 fully saturated rings. The van der Waals surface area contributed by atoms with Crippen LogP contribution in [0.15, 0.2) is 59.0 Å². The minimum absolute atomic E-state index is 0.633. The number of hydrogen-bond donors (Lipinski definition) is 0. The third-order valence-corrected chi connectivity index (χ3v) is 6.65. The maximum atomic E-state index is 6.63. The molecule has 0 unspecified atom stereocenters. The first-order valence-corrected chi connectivity index (χ1v) is 10.9. The van der Waals surface area contributed by atoms with Crippen LogP contribution in [0, 0.1) is 13.8 Å². The Morgan fingerprint density at radius 1 is 0.793 bits per heavy atom. The van der Waals surface area contributed by atoms with Gasteiger partial charge in [-0.3, -0.25) is 0 Å². The summed E-state index contributed by atoms with van der Waals surface area (Å²) < 4.78 is 6.63. The van der Waals surface area contributed by atoms with Crippen molar-refractivity contribution in [3.8, 4) is 0 Å². The lowest BCUT2D eigenvalue weighted by Crippen LogP contribution is -2.11. The minimum Gasteiger partial charge on any atom is -0.454 e. The van der Waals surface area contributed by atoms with Gasteiger partial charge in [0.15, 0.2) is 5.58 Å². The van der Waals surface area contributed by atoms with Crippen LogP contribution in [0.4, 0.5) is 11.4 Å². The lowest BCUT2D eigenvalue weighted by Gasteiger charge is -2.22. The Bertz CT molecular complexity index is 1180. The first kappa shape index (κ1) is 18.3. The molecule has 0 N–H and O–H groups in total. The van der Waals surface area contributed by atoms with E-state index >= 15 is 0 Å². The summed E-state index contributed by atoms with van der Waals surface area (Å²) in [5.74, 6) is 0.633. The number of rotatable bonds is 3. The summed E-state index contributed by atoms with van der Waals surface area (Å²) >= 11 is 0. The average molecular weight is 384 g/mol. The first-order chi connectivity index (χ1) is 14.1. The molecule has 0 saturated heterocycles. The highest BCUT2D eigenvalue weighted by molar-refractivity contribution is 6.10. The molecule has 29 heavy (non-hydrogen) atoms. The molecule has 5 rings (SSSR count). The molecule has 0 amide bonds. The van der Waals surface area contributed by atoms with E-state index in [1.807, 2.05) is 0 Å². The predicted molar refractivity (Wildman–Crippen MR) is 124 cm³/mol. The molecule has 1 heterocycles. The van der Waals surface area contributed by atoms with Gasteiger partial charge in [0.05, 0.1) is 5.69 Å². The molecule has 1 saturated carbocycles. The first-order valence-electron chi connectivity index (χ1n) is 10.9. The molecular formula is C27H29NO. The van der Waals surface area contributed by atoms with Crippen molar-refractivity contribution in [3.63, 3.8) is 0 Å². The number of hydrogen-bond acceptors (Lipinski definition) is 2. The molecule has 2 nitrogen and oxygen atoms in total. The van der Waals surface area contributed by atoms with E-state index in [1.54, 1.807) is 0 Å². The number of anilines is 2. The van der Waals surface area contributed by atoms with E-state index < -0.39 is 0 Å². The Balaban J connectivity index is 1.67. The second-order valence-corrected chi connectivity index (χ2v) is 8.66. The van der Waals surface area contributed by atoms with Crippen molar-refractivity contribution in [2.24, 2.45) is 0 Å². The fraction of sp³-hybridized carbons (Fsp3) is 0.333. The molecule has 0 aliphatic heterocycles. The molecular weight excluding hydrogens is 354 g/mol. The van der Waals surface area contributed by atoms with Crippen LogP contribution in [0.5, 0.6) is 0 Å². The number of benzene rings is 3. The Kier molecular flexibility index (Phi) is 4.58. The van der Waals surface area contributed by atoms with Gasteiger partial charge in [0.2, 0.25) is 0 Å². The Hall–Kier alpha value is -2.74. The van der Waals surface area contributed by atoms with E-state index in [4.69, 9.17) is 4.42 Å². The van der Waals surface area contributed by atoms with Crippen molar-refractivity contribution >= 4 is 33.3 Å². The number of para-hydroxylation sites is 2. The van der Waals surface area contributed by atoms with Gasteiger partial charge in [-0.1, -0.05) is 67.3 Å². The van der Waals surface area contributed by atoms with Crippen LogP contribution < -0.4 is 4.90 Å². The highest BCUT2D eigenvalue weighted by Crippen LogP contribution is 2.42. The van der Waals surface area contributed by atoms with Gasteiger partial charge < -0.3 is 9.32 Å². The van der Waals surface area contributed by atoms with Crippen molar-refractivity contribution in [1.29, 1.82) is 0 Å². The van der Waals surface area contributed by atoms with Crippen LogP contribution >= 0.6 is 0 Å². The second-order valence-electron chi connectivity index (χ2n) is 8.66. The van der Waals surface area contributed by atoms with Crippen LogP contribution in [-0.2, 0) is 0 Å². The highest BCUT2D eigenvalue weighted by Gasteiger charge is 2.22. The molecule has 1 aromatic heterocycles. The Labute approximate surface area is 173 Å². The summed E-state index contributed by atoms with van der Waals surface area (Å²) in [6.07, 6.45) is 6.61. The van der Waals surface area contributed by atoms with Gasteiger partial charge in [0, 0.05) is 23.5 Å². The zero-order chi connectivity index (χ0) is 20.0. The average Bonchev–Trinajstić information content (AvgIpc) is 3.13. The van der Waals surface area contributed by atoms with Crippen molar-refractivity contribution in [2.45, 2.75) is 51.9 Å². The van der Waals surface area contributed by atoms with Gasteiger partial charge >= 0.3 is 0 Å². The largest absolute Gasteiger partial charge is 0.454 e.